The van der Waals surface area contributed by atoms with E-state index in [0.29, 0.717) is 18.2 Å². The van der Waals surface area contributed by atoms with Crippen molar-refractivity contribution >= 4 is 21.6 Å². The molecule has 4 nitrogen and oxygen atoms in total. The van der Waals surface area contributed by atoms with E-state index in [1.165, 1.54) is 0 Å². The van der Waals surface area contributed by atoms with Crippen molar-refractivity contribution in [2.75, 3.05) is 5.73 Å². The summed E-state index contributed by atoms with van der Waals surface area (Å²) in [5.41, 5.74) is 8.40. The Hall–Kier alpha value is -1.49. The lowest BCUT2D eigenvalue weighted by molar-refractivity contribution is 0.518. The Balaban J connectivity index is 1.99. The van der Waals surface area contributed by atoms with Crippen molar-refractivity contribution in [1.82, 2.24) is 9.36 Å². The molecule has 0 atom stereocenters. The molecule has 1 aliphatic carbocycles. The molecule has 0 saturated heterocycles. The summed E-state index contributed by atoms with van der Waals surface area (Å²) >= 11 is 3.41. The van der Waals surface area contributed by atoms with Crippen molar-refractivity contribution in [2.24, 2.45) is 7.05 Å². The molecule has 19 heavy (non-hydrogen) atoms. The first kappa shape index (κ1) is 12.5. The van der Waals surface area contributed by atoms with Gasteiger partial charge in [0, 0.05) is 17.4 Å². The molecule has 2 N–H and O–H groups in total. The van der Waals surface area contributed by atoms with Gasteiger partial charge in [0.05, 0.1) is 12.2 Å². The quantitative estimate of drug-likeness (QED) is 0.944. The number of nitrogens with two attached hydrogens (primary N) is 1. The largest absolute Gasteiger partial charge is 0.393 e. The number of nitrogen functional groups attached to an aromatic ring is 1. The number of rotatable bonds is 3. The fourth-order valence-corrected chi connectivity index (χ4v) is 2.74. The van der Waals surface area contributed by atoms with Crippen LogP contribution in [0.15, 0.2) is 33.5 Å². The maximum absolute atomic E-state index is 12.2. The summed E-state index contributed by atoms with van der Waals surface area (Å²) in [6, 6.07) is 7.98. The second-order valence-electron chi connectivity index (χ2n) is 5.09. The third-order valence-corrected chi connectivity index (χ3v) is 4.19. The SMILES string of the molecule is Cn1c(C2CC2)c(N)c(=O)n1Cc1ccc(Br)cc1. The summed E-state index contributed by atoms with van der Waals surface area (Å²) in [5, 5.41) is 0. The Kier molecular flexibility index (Phi) is 3.01. The van der Waals surface area contributed by atoms with Crippen molar-refractivity contribution in [3.63, 3.8) is 0 Å². The molecule has 1 aliphatic rings. The van der Waals surface area contributed by atoms with E-state index < -0.39 is 0 Å². The molecule has 1 saturated carbocycles. The third kappa shape index (κ3) is 2.23. The number of hydrogen-bond donors (Lipinski definition) is 1. The molecular weight excluding hydrogens is 306 g/mol. The van der Waals surface area contributed by atoms with Crippen LogP contribution in [0.25, 0.3) is 0 Å². The minimum Gasteiger partial charge on any atom is -0.393 e. The number of nitrogens with zero attached hydrogens (tertiary/aromatic N) is 2. The van der Waals surface area contributed by atoms with E-state index in [0.717, 1.165) is 28.6 Å². The zero-order chi connectivity index (χ0) is 13.6. The number of benzene rings is 1. The molecule has 1 aromatic carbocycles. The van der Waals surface area contributed by atoms with Crippen molar-refractivity contribution in [1.29, 1.82) is 0 Å². The Bertz CT molecular complexity index is 665. The second-order valence-corrected chi connectivity index (χ2v) is 6.00. The van der Waals surface area contributed by atoms with Gasteiger partial charge in [-0.1, -0.05) is 28.1 Å². The average molecular weight is 322 g/mol. The molecule has 0 spiro atoms. The molecule has 0 aliphatic heterocycles. The summed E-state index contributed by atoms with van der Waals surface area (Å²) in [7, 11) is 1.92. The molecule has 5 heteroatoms. The maximum Gasteiger partial charge on any atom is 0.290 e. The summed E-state index contributed by atoms with van der Waals surface area (Å²) in [6.07, 6.45) is 2.28. The molecular formula is C14H16BrN3O. The normalized spacial score (nSPS) is 14.8. The highest BCUT2D eigenvalue weighted by Crippen LogP contribution is 2.41. The molecule has 1 heterocycles. The number of anilines is 1. The molecule has 3 rings (SSSR count). The van der Waals surface area contributed by atoms with Gasteiger partial charge in [-0.05, 0) is 30.5 Å². The standard InChI is InChI=1S/C14H16BrN3O/c1-17-13(10-4-5-10)12(16)14(19)18(17)8-9-2-6-11(15)7-3-9/h2-3,6-7,10H,4-5,8,16H2,1H3. The van der Waals surface area contributed by atoms with Crippen LogP contribution in [0.3, 0.4) is 0 Å². The van der Waals surface area contributed by atoms with E-state index in [2.05, 4.69) is 15.9 Å². The molecule has 2 aromatic rings. The molecule has 0 radical (unpaired) electrons. The Morgan fingerprint density at radius 1 is 1.32 bits per heavy atom. The van der Waals surface area contributed by atoms with Gasteiger partial charge in [0.25, 0.3) is 5.56 Å². The van der Waals surface area contributed by atoms with Gasteiger partial charge in [-0.3, -0.25) is 9.48 Å². The smallest absolute Gasteiger partial charge is 0.290 e. The zero-order valence-corrected chi connectivity index (χ0v) is 12.4. The minimum atomic E-state index is -0.0766. The molecule has 0 bridgehead atoms. The predicted molar refractivity (Wildman–Crippen MR) is 79.3 cm³/mol. The van der Waals surface area contributed by atoms with Gasteiger partial charge in [0.1, 0.15) is 5.69 Å². The highest BCUT2D eigenvalue weighted by molar-refractivity contribution is 9.10. The fraction of sp³-hybridized carbons (Fsp3) is 0.357. The van der Waals surface area contributed by atoms with Crippen molar-refractivity contribution in [3.05, 3.63) is 50.3 Å². The van der Waals surface area contributed by atoms with E-state index in [-0.39, 0.29) is 5.56 Å². The summed E-state index contributed by atoms with van der Waals surface area (Å²) in [5.74, 6) is 0.476. The summed E-state index contributed by atoms with van der Waals surface area (Å²) < 4.78 is 4.68. The van der Waals surface area contributed by atoms with Crippen LogP contribution in [-0.2, 0) is 13.6 Å². The molecule has 0 unspecified atom stereocenters. The average Bonchev–Trinajstić information content (AvgIpc) is 3.18. The maximum atomic E-state index is 12.2. The van der Waals surface area contributed by atoms with Gasteiger partial charge in [-0.15, -0.1) is 0 Å². The van der Waals surface area contributed by atoms with Crippen LogP contribution in [0.4, 0.5) is 5.69 Å². The molecule has 1 aromatic heterocycles. The molecule has 1 fully saturated rings. The lowest BCUT2D eigenvalue weighted by Gasteiger charge is -2.09. The highest BCUT2D eigenvalue weighted by Gasteiger charge is 2.31. The van der Waals surface area contributed by atoms with Crippen LogP contribution in [0, 0.1) is 0 Å². The van der Waals surface area contributed by atoms with Crippen LogP contribution in [0.2, 0.25) is 0 Å². The molecule has 100 valence electrons. The lowest BCUT2D eigenvalue weighted by Crippen LogP contribution is -2.23. The van der Waals surface area contributed by atoms with Crippen LogP contribution in [0.5, 0.6) is 0 Å². The van der Waals surface area contributed by atoms with Gasteiger partial charge in [-0.2, -0.15) is 0 Å². The lowest BCUT2D eigenvalue weighted by atomic mass is 10.2. The Morgan fingerprint density at radius 3 is 2.53 bits per heavy atom. The van der Waals surface area contributed by atoms with E-state index in [9.17, 15) is 4.79 Å². The Morgan fingerprint density at radius 2 is 1.95 bits per heavy atom. The van der Waals surface area contributed by atoms with E-state index in [4.69, 9.17) is 5.73 Å². The van der Waals surface area contributed by atoms with Crippen LogP contribution in [-0.4, -0.2) is 9.36 Å². The van der Waals surface area contributed by atoms with E-state index in [1.807, 2.05) is 36.0 Å². The topological polar surface area (TPSA) is 52.9 Å². The third-order valence-electron chi connectivity index (χ3n) is 3.66. The van der Waals surface area contributed by atoms with Gasteiger partial charge in [-0.25, -0.2) is 4.68 Å². The predicted octanol–water partition coefficient (Wildman–Crippen LogP) is 2.46. The van der Waals surface area contributed by atoms with Crippen molar-refractivity contribution in [3.8, 4) is 0 Å². The van der Waals surface area contributed by atoms with Crippen LogP contribution < -0.4 is 11.3 Å². The minimum absolute atomic E-state index is 0.0766. The number of hydrogen-bond acceptors (Lipinski definition) is 2. The Labute approximate surface area is 119 Å². The van der Waals surface area contributed by atoms with Gasteiger partial charge < -0.3 is 5.73 Å². The zero-order valence-electron chi connectivity index (χ0n) is 10.8. The second kappa shape index (κ2) is 4.56. The number of halogens is 1. The van der Waals surface area contributed by atoms with Crippen molar-refractivity contribution < 1.29 is 0 Å². The first-order valence-corrected chi connectivity index (χ1v) is 7.17. The van der Waals surface area contributed by atoms with Crippen molar-refractivity contribution in [2.45, 2.75) is 25.3 Å². The van der Waals surface area contributed by atoms with Gasteiger partial charge in [0.15, 0.2) is 0 Å². The number of aromatic nitrogens is 2. The van der Waals surface area contributed by atoms with Crippen LogP contribution in [0.1, 0.15) is 30.0 Å². The first-order valence-electron chi connectivity index (χ1n) is 6.37. The first-order chi connectivity index (χ1) is 9.08. The van der Waals surface area contributed by atoms with E-state index >= 15 is 0 Å². The van der Waals surface area contributed by atoms with Crippen LogP contribution >= 0.6 is 15.9 Å². The summed E-state index contributed by atoms with van der Waals surface area (Å²) in [6.45, 7) is 0.555. The highest BCUT2D eigenvalue weighted by atomic mass is 79.9. The fourth-order valence-electron chi connectivity index (χ4n) is 2.47. The van der Waals surface area contributed by atoms with Gasteiger partial charge in [0.2, 0.25) is 0 Å². The monoisotopic (exact) mass is 321 g/mol. The van der Waals surface area contributed by atoms with Gasteiger partial charge >= 0.3 is 0 Å². The van der Waals surface area contributed by atoms with E-state index in [1.54, 1.807) is 4.68 Å². The molecule has 0 amide bonds. The summed E-state index contributed by atoms with van der Waals surface area (Å²) in [4.78, 5) is 12.2.